The van der Waals surface area contributed by atoms with Crippen LogP contribution in [0.15, 0.2) is 24.5 Å². The molecule has 0 amide bonds. The maximum absolute atomic E-state index is 14.0. The van der Waals surface area contributed by atoms with Crippen LogP contribution in [-0.4, -0.2) is 16.5 Å². The predicted octanol–water partition coefficient (Wildman–Crippen LogP) is 2.44. The highest BCUT2D eigenvalue weighted by Crippen LogP contribution is 2.30. The third-order valence-electron chi connectivity index (χ3n) is 3.04. The van der Waals surface area contributed by atoms with E-state index in [1.54, 1.807) is 24.5 Å². The second-order valence-corrected chi connectivity index (χ2v) is 4.45. The summed E-state index contributed by atoms with van der Waals surface area (Å²) in [6.45, 7) is 0.797. The minimum absolute atomic E-state index is 0.145. The smallest absolute Gasteiger partial charge is 0.146 e. The maximum Gasteiger partial charge on any atom is 0.146 e. The van der Waals surface area contributed by atoms with E-state index in [9.17, 15) is 4.39 Å². The number of nitrogens with zero attached hydrogens (tertiary/aromatic N) is 1. The lowest BCUT2D eigenvalue weighted by molar-refractivity contribution is 0.519. The van der Waals surface area contributed by atoms with Gasteiger partial charge in [0.25, 0.3) is 0 Å². The molecule has 2 aromatic rings. The number of halogens is 2. The van der Waals surface area contributed by atoms with Gasteiger partial charge in [-0.05, 0) is 6.07 Å². The van der Waals surface area contributed by atoms with E-state index in [1.807, 2.05) is 0 Å². The minimum Gasteiger partial charge on any atom is -0.348 e. The summed E-state index contributed by atoms with van der Waals surface area (Å²) in [7, 11) is 0. The van der Waals surface area contributed by atoms with Crippen LogP contribution in [0.25, 0.3) is 0 Å². The van der Waals surface area contributed by atoms with Crippen molar-refractivity contribution < 1.29 is 4.39 Å². The SMILES string of the molecule is Fc1c(Cl)cccc1C1NCCc2[nH]cnc21. The average Bonchev–Trinajstić information content (AvgIpc) is 2.81. The summed E-state index contributed by atoms with van der Waals surface area (Å²) in [5, 5.41) is 3.41. The Kier molecular flexibility index (Phi) is 2.61. The molecule has 0 fully saturated rings. The molecule has 2 heterocycles. The molecule has 0 saturated heterocycles. The molecule has 1 unspecified atom stereocenters. The van der Waals surface area contributed by atoms with Crippen LogP contribution >= 0.6 is 11.6 Å². The number of H-pyrrole nitrogens is 1. The van der Waals surface area contributed by atoms with Crippen LogP contribution in [0, 0.1) is 5.82 Å². The van der Waals surface area contributed by atoms with Gasteiger partial charge in [-0.15, -0.1) is 0 Å². The molecule has 3 nitrogen and oxygen atoms in total. The molecule has 1 aromatic carbocycles. The van der Waals surface area contributed by atoms with Crippen molar-refractivity contribution in [2.45, 2.75) is 12.5 Å². The summed E-state index contributed by atoms with van der Waals surface area (Å²) in [6, 6.07) is 4.82. The van der Waals surface area contributed by atoms with Gasteiger partial charge in [0.1, 0.15) is 5.82 Å². The number of benzene rings is 1. The lowest BCUT2D eigenvalue weighted by Crippen LogP contribution is -2.31. The highest BCUT2D eigenvalue weighted by atomic mass is 35.5. The lowest BCUT2D eigenvalue weighted by atomic mass is 9.97. The second-order valence-electron chi connectivity index (χ2n) is 4.05. The van der Waals surface area contributed by atoms with Gasteiger partial charge < -0.3 is 10.3 Å². The van der Waals surface area contributed by atoms with Gasteiger partial charge >= 0.3 is 0 Å². The lowest BCUT2D eigenvalue weighted by Gasteiger charge is -2.23. The Labute approximate surface area is 103 Å². The summed E-state index contributed by atoms with van der Waals surface area (Å²) >= 11 is 5.80. The first-order valence-electron chi connectivity index (χ1n) is 5.47. The normalized spacial score (nSPS) is 19.1. The highest BCUT2D eigenvalue weighted by molar-refractivity contribution is 6.30. The number of fused-ring (bicyclic) bond motifs is 1. The van der Waals surface area contributed by atoms with E-state index in [1.165, 1.54) is 0 Å². The fraction of sp³-hybridized carbons (Fsp3) is 0.250. The zero-order valence-electron chi connectivity index (χ0n) is 9.00. The Morgan fingerprint density at radius 1 is 1.41 bits per heavy atom. The molecule has 1 aliphatic heterocycles. The van der Waals surface area contributed by atoms with Gasteiger partial charge in [0.2, 0.25) is 0 Å². The maximum atomic E-state index is 14.0. The molecule has 0 saturated carbocycles. The Balaban J connectivity index is 2.10. The van der Waals surface area contributed by atoms with Crippen molar-refractivity contribution in [3.05, 3.63) is 52.3 Å². The van der Waals surface area contributed by atoms with Crippen molar-refractivity contribution in [2.24, 2.45) is 0 Å². The first-order chi connectivity index (χ1) is 8.27. The number of nitrogens with one attached hydrogen (secondary N) is 2. The van der Waals surface area contributed by atoms with E-state index in [0.29, 0.717) is 5.56 Å². The molecule has 88 valence electrons. The summed E-state index contributed by atoms with van der Waals surface area (Å²) in [4.78, 5) is 7.34. The zero-order chi connectivity index (χ0) is 11.8. The van der Waals surface area contributed by atoms with Gasteiger partial charge in [-0.1, -0.05) is 23.7 Å². The predicted molar refractivity (Wildman–Crippen MR) is 63.5 cm³/mol. The van der Waals surface area contributed by atoms with E-state index < -0.39 is 0 Å². The molecule has 0 radical (unpaired) electrons. The molecule has 5 heteroatoms. The van der Waals surface area contributed by atoms with Crippen LogP contribution in [0.4, 0.5) is 4.39 Å². The van der Waals surface area contributed by atoms with E-state index in [0.717, 1.165) is 24.4 Å². The molecule has 1 aliphatic rings. The first-order valence-corrected chi connectivity index (χ1v) is 5.84. The van der Waals surface area contributed by atoms with Crippen molar-refractivity contribution in [3.8, 4) is 0 Å². The van der Waals surface area contributed by atoms with E-state index in [-0.39, 0.29) is 16.9 Å². The van der Waals surface area contributed by atoms with Crippen LogP contribution < -0.4 is 5.32 Å². The average molecular weight is 252 g/mol. The summed E-state index contributed by atoms with van der Waals surface area (Å²) in [5.41, 5.74) is 2.47. The topological polar surface area (TPSA) is 40.7 Å². The second kappa shape index (κ2) is 4.13. The van der Waals surface area contributed by atoms with E-state index in [4.69, 9.17) is 11.6 Å². The van der Waals surface area contributed by atoms with Crippen molar-refractivity contribution in [1.29, 1.82) is 0 Å². The van der Waals surface area contributed by atoms with Crippen LogP contribution in [0.1, 0.15) is 23.0 Å². The first kappa shape index (κ1) is 10.7. The van der Waals surface area contributed by atoms with Gasteiger partial charge in [0.15, 0.2) is 0 Å². The largest absolute Gasteiger partial charge is 0.348 e. The summed E-state index contributed by atoms with van der Waals surface area (Å²) < 4.78 is 14.0. The summed E-state index contributed by atoms with van der Waals surface area (Å²) in [6.07, 6.45) is 2.53. The molecular weight excluding hydrogens is 241 g/mol. The Morgan fingerprint density at radius 2 is 2.29 bits per heavy atom. The van der Waals surface area contributed by atoms with E-state index >= 15 is 0 Å². The summed E-state index contributed by atoms with van der Waals surface area (Å²) in [5.74, 6) is -0.373. The fourth-order valence-corrected chi connectivity index (χ4v) is 2.40. The van der Waals surface area contributed by atoms with Crippen molar-refractivity contribution in [1.82, 2.24) is 15.3 Å². The molecule has 0 bridgehead atoms. The third kappa shape index (κ3) is 1.73. The van der Waals surface area contributed by atoms with Crippen molar-refractivity contribution >= 4 is 11.6 Å². The van der Waals surface area contributed by atoms with Gasteiger partial charge in [0, 0.05) is 24.2 Å². The molecule has 17 heavy (non-hydrogen) atoms. The monoisotopic (exact) mass is 251 g/mol. The molecule has 0 spiro atoms. The van der Waals surface area contributed by atoms with Gasteiger partial charge in [0.05, 0.1) is 23.1 Å². The zero-order valence-corrected chi connectivity index (χ0v) is 9.76. The molecular formula is C12H11ClFN3. The van der Waals surface area contributed by atoms with Gasteiger partial charge in [-0.3, -0.25) is 0 Å². The Bertz CT molecular complexity index is 552. The minimum atomic E-state index is -0.373. The number of hydrogen-bond acceptors (Lipinski definition) is 2. The number of aromatic amines is 1. The van der Waals surface area contributed by atoms with Gasteiger partial charge in [-0.2, -0.15) is 0 Å². The Hall–Kier alpha value is -1.39. The van der Waals surface area contributed by atoms with Crippen LogP contribution in [0.5, 0.6) is 0 Å². The Morgan fingerprint density at radius 3 is 3.18 bits per heavy atom. The molecule has 3 rings (SSSR count). The fourth-order valence-electron chi connectivity index (χ4n) is 2.22. The van der Waals surface area contributed by atoms with E-state index in [2.05, 4.69) is 15.3 Å². The van der Waals surface area contributed by atoms with Gasteiger partial charge in [-0.25, -0.2) is 9.37 Å². The number of aromatic nitrogens is 2. The quantitative estimate of drug-likeness (QED) is 0.817. The van der Waals surface area contributed by atoms with Crippen LogP contribution in [0.3, 0.4) is 0 Å². The molecule has 1 atom stereocenters. The van der Waals surface area contributed by atoms with Crippen LogP contribution in [0.2, 0.25) is 5.02 Å². The molecule has 2 N–H and O–H groups in total. The molecule has 0 aliphatic carbocycles. The number of rotatable bonds is 1. The van der Waals surface area contributed by atoms with Crippen molar-refractivity contribution in [3.63, 3.8) is 0 Å². The van der Waals surface area contributed by atoms with Crippen LogP contribution in [-0.2, 0) is 6.42 Å². The highest BCUT2D eigenvalue weighted by Gasteiger charge is 2.26. The third-order valence-corrected chi connectivity index (χ3v) is 3.33. The standard InChI is InChI=1S/C12H11ClFN3/c13-8-3-1-2-7(10(8)14)11-12-9(4-5-15-11)16-6-17-12/h1-3,6,11,15H,4-5H2,(H,16,17). The number of hydrogen-bond donors (Lipinski definition) is 2. The molecule has 1 aromatic heterocycles. The van der Waals surface area contributed by atoms with Crippen molar-refractivity contribution in [2.75, 3.05) is 6.54 Å². The number of imidazole rings is 1.